The maximum Gasteiger partial charge on any atom is 0.407 e. The highest BCUT2D eigenvalue weighted by atomic mass is 16.6. The van der Waals surface area contributed by atoms with Gasteiger partial charge in [0.2, 0.25) is 0 Å². The van der Waals surface area contributed by atoms with E-state index in [1.165, 1.54) is 12.1 Å². The molecule has 1 rings (SSSR count). The number of ether oxygens (including phenoxy) is 1. The highest BCUT2D eigenvalue weighted by Crippen LogP contribution is 2.29. The van der Waals surface area contributed by atoms with Gasteiger partial charge in [0.15, 0.2) is 0 Å². The smallest absolute Gasteiger partial charge is 0.407 e. The molecule has 0 saturated heterocycles. The lowest BCUT2D eigenvalue weighted by molar-refractivity contribution is -0.386. The third kappa shape index (κ3) is 6.13. The van der Waals surface area contributed by atoms with Crippen LogP contribution in [0.5, 0.6) is 0 Å². The summed E-state index contributed by atoms with van der Waals surface area (Å²) in [5, 5.41) is 33.7. The van der Waals surface area contributed by atoms with Gasteiger partial charge in [0.05, 0.1) is 16.6 Å². The number of nitro benzene ring substituents is 1. The number of nitrogens with one attached hydrogen (secondary N) is 1. The first-order chi connectivity index (χ1) is 11.0. The average molecular weight is 340 g/mol. The molecule has 1 amide bonds. The van der Waals surface area contributed by atoms with Crippen LogP contribution in [-0.4, -0.2) is 39.5 Å². The first-order valence-corrected chi connectivity index (χ1v) is 7.59. The summed E-state index contributed by atoms with van der Waals surface area (Å²) in [7, 11) is 0. The summed E-state index contributed by atoms with van der Waals surface area (Å²) in [5.74, 6) is 0. The molecule has 3 N–H and O–H groups in total. The van der Waals surface area contributed by atoms with E-state index in [1.54, 1.807) is 33.8 Å². The van der Waals surface area contributed by atoms with Crippen LogP contribution >= 0.6 is 0 Å². The van der Waals surface area contributed by atoms with Crippen molar-refractivity contribution in [2.45, 2.75) is 51.9 Å². The van der Waals surface area contributed by atoms with E-state index >= 15 is 0 Å². The molecular formula is C16H24N2O6. The molecule has 2 atom stereocenters. The van der Waals surface area contributed by atoms with Gasteiger partial charge in [-0.3, -0.25) is 10.1 Å². The van der Waals surface area contributed by atoms with E-state index in [0.29, 0.717) is 5.56 Å². The van der Waals surface area contributed by atoms with E-state index in [4.69, 9.17) is 4.74 Å². The second kappa shape index (κ2) is 8.07. The third-order valence-electron chi connectivity index (χ3n) is 3.17. The van der Waals surface area contributed by atoms with Crippen LogP contribution in [-0.2, 0) is 4.74 Å². The highest BCUT2D eigenvalue weighted by molar-refractivity contribution is 5.67. The lowest BCUT2D eigenvalue weighted by Gasteiger charge is -2.21. The zero-order valence-electron chi connectivity index (χ0n) is 14.3. The zero-order valence-corrected chi connectivity index (χ0v) is 14.3. The first-order valence-electron chi connectivity index (χ1n) is 7.59. The van der Waals surface area contributed by atoms with Gasteiger partial charge in [0.1, 0.15) is 11.7 Å². The second-order valence-corrected chi connectivity index (χ2v) is 6.55. The van der Waals surface area contributed by atoms with Crippen LogP contribution in [0.3, 0.4) is 0 Å². The van der Waals surface area contributed by atoms with Gasteiger partial charge in [-0.15, -0.1) is 0 Å². The molecule has 0 radical (unpaired) electrons. The standard InChI is InChI=1S/C16H24N2O6/c1-10-5-6-11(12(9-10)18(22)23)14(20)13(19)7-8-17-15(21)24-16(2,3)4/h5-6,9,13-14,19-20H,7-8H2,1-4H3,(H,17,21). The van der Waals surface area contributed by atoms with Gasteiger partial charge in [0.25, 0.3) is 5.69 Å². The van der Waals surface area contributed by atoms with Gasteiger partial charge in [-0.25, -0.2) is 4.79 Å². The molecule has 0 heterocycles. The largest absolute Gasteiger partial charge is 0.444 e. The van der Waals surface area contributed by atoms with Crippen LogP contribution in [0.2, 0.25) is 0 Å². The van der Waals surface area contributed by atoms with Crippen molar-refractivity contribution in [2.75, 3.05) is 6.54 Å². The predicted octanol–water partition coefficient (Wildman–Crippen LogP) is 2.21. The fourth-order valence-electron chi connectivity index (χ4n) is 2.06. The Morgan fingerprint density at radius 3 is 2.54 bits per heavy atom. The van der Waals surface area contributed by atoms with Crippen molar-refractivity contribution in [2.24, 2.45) is 0 Å². The second-order valence-electron chi connectivity index (χ2n) is 6.55. The minimum absolute atomic E-state index is 0.0193. The SMILES string of the molecule is Cc1ccc(C(O)C(O)CCNC(=O)OC(C)(C)C)c([N+](=O)[O-])c1. The van der Waals surface area contributed by atoms with Crippen molar-refractivity contribution in [1.82, 2.24) is 5.32 Å². The number of hydrogen-bond donors (Lipinski definition) is 3. The summed E-state index contributed by atoms with van der Waals surface area (Å²) in [6, 6.07) is 4.38. The number of nitro groups is 1. The number of amides is 1. The number of carbonyl (C=O) groups excluding carboxylic acids is 1. The van der Waals surface area contributed by atoms with Gasteiger partial charge < -0.3 is 20.3 Å². The molecule has 0 aliphatic carbocycles. The maximum atomic E-state index is 11.5. The summed E-state index contributed by atoms with van der Waals surface area (Å²) in [6.07, 6.45) is -3.30. The number of aliphatic hydroxyl groups is 2. The average Bonchev–Trinajstić information content (AvgIpc) is 2.44. The van der Waals surface area contributed by atoms with E-state index < -0.39 is 28.8 Å². The van der Waals surface area contributed by atoms with E-state index in [0.717, 1.165) is 0 Å². The van der Waals surface area contributed by atoms with E-state index in [1.807, 2.05) is 0 Å². The number of alkyl carbamates (subject to hydrolysis) is 1. The van der Waals surface area contributed by atoms with Gasteiger partial charge in [-0.2, -0.15) is 0 Å². The molecule has 0 aliphatic heterocycles. The molecule has 1 aromatic carbocycles. The van der Waals surface area contributed by atoms with Crippen molar-refractivity contribution >= 4 is 11.8 Å². The molecule has 0 spiro atoms. The van der Waals surface area contributed by atoms with Crippen molar-refractivity contribution in [3.63, 3.8) is 0 Å². The highest BCUT2D eigenvalue weighted by Gasteiger charge is 2.26. The Kier molecular flexibility index (Phi) is 6.68. The molecule has 0 saturated carbocycles. The molecule has 0 fully saturated rings. The number of aliphatic hydroxyl groups excluding tert-OH is 2. The third-order valence-corrected chi connectivity index (χ3v) is 3.17. The van der Waals surface area contributed by atoms with E-state index in [9.17, 15) is 25.1 Å². The fourth-order valence-corrected chi connectivity index (χ4v) is 2.06. The quantitative estimate of drug-likeness (QED) is 0.539. The van der Waals surface area contributed by atoms with Crippen LogP contribution in [0.1, 0.15) is 44.4 Å². The van der Waals surface area contributed by atoms with Crippen LogP contribution in [0, 0.1) is 17.0 Å². The van der Waals surface area contributed by atoms with E-state index in [-0.39, 0.29) is 24.2 Å². The summed E-state index contributed by atoms with van der Waals surface area (Å²) in [5.41, 5.74) is -0.166. The fraction of sp³-hybridized carbons (Fsp3) is 0.562. The Balaban J connectivity index is 2.64. The summed E-state index contributed by atoms with van der Waals surface area (Å²) in [4.78, 5) is 22.0. The van der Waals surface area contributed by atoms with E-state index in [2.05, 4.69) is 5.32 Å². The molecule has 8 heteroatoms. The van der Waals surface area contributed by atoms with Crippen LogP contribution in [0.25, 0.3) is 0 Å². The van der Waals surface area contributed by atoms with Crippen LogP contribution in [0.4, 0.5) is 10.5 Å². The molecule has 0 bridgehead atoms. The maximum absolute atomic E-state index is 11.5. The van der Waals surface area contributed by atoms with Gasteiger partial charge in [0, 0.05) is 12.6 Å². The van der Waals surface area contributed by atoms with Crippen LogP contribution in [0.15, 0.2) is 18.2 Å². The Hall–Kier alpha value is -2.19. The van der Waals surface area contributed by atoms with Gasteiger partial charge >= 0.3 is 6.09 Å². The Labute approximate surface area is 140 Å². The van der Waals surface area contributed by atoms with Crippen molar-refractivity contribution in [3.05, 3.63) is 39.4 Å². The summed E-state index contributed by atoms with van der Waals surface area (Å²) >= 11 is 0. The number of aryl methyl sites for hydroxylation is 1. The molecule has 134 valence electrons. The minimum atomic E-state index is -1.42. The Morgan fingerprint density at radius 1 is 1.38 bits per heavy atom. The molecule has 1 aromatic rings. The normalized spacial score (nSPS) is 13.9. The number of hydrogen-bond acceptors (Lipinski definition) is 6. The Bertz CT molecular complexity index is 597. The topological polar surface area (TPSA) is 122 Å². The van der Waals surface area contributed by atoms with Crippen LogP contribution < -0.4 is 5.32 Å². The molecule has 2 unspecified atom stereocenters. The zero-order chi connectivity index (χ0) is 18.5. The minimum Gasteiger partial charge on any atom is -0.444 e. The van der Waals surface area contributed by atoms with Crippen molar-refractivity contribution in [3.8, 4) is 0 Å². The Morgan fingerprint density at radius 2 is 2.00 bits per heavy atom. The van der Waals surface area contributed by atoms with Crippen molar-refractivity contribution in [1.29, 1.82) is 0 Å². The summed E-state index contributed by atoms with van der Waals surface area (Å²) in [6.45, 7) is 6.93. The van der Waals surface area contributed by atoms with Gasteiger partial charge in [-0.05, 0) is 45.7 Å². The lowest BCUT2D eigenvalue weighted by Crippen LogP contribution is -2.34. The molecule has 8 nitrogen and oxygen atoms in total. The summed E-state index contributed by atoms with van der Waals surface area (Å²) < 4.78 is 5.04. The van der Waals surface area contributed by atoms with Crippen molar-refractivity contribution < 1.29 is 24.7 Å². The molecule has 24 heavy (non-hydrogen) atoms. The number of rotatable bonds is 6. The predicted molar refractivity (Wildman–Crippen MR) is 87.7 cm³/mol. The van der Waals surface area contributed by atoms with Gasteiger partial charge in [-0.1, -0.05) is 6.07 Å². The monoisotopic (exact) mass is 340 g/mol. The first kappa shape index (κ1) is 19.9. The number of benzene rings is 1. The lowest BCUT2D eigenvalue weighted by atomic mass is 9.99. The molecular weight excluding hydrogens is 316 g/mol. The number of nitrogens with zero attached hydrogens (tertiary/aromatic N) is 1. The molecule has 0 aliphatic rings. The molecule has 0 aromatic heterocycles. The number of carbonyl (C=O) groups is 1.